The predicted molar refractivity (Wildman–Crippen MR) is 75.5 cm³/mol. The van der Waals surface area contributed by atoms with E-state index in [1.807, 2.05) is 11.4 Å². The molecule has 1 aromatic heterocycles. The third-order valence-corrected chi connectivity index (χ3v) is 5.76. The highest BCUT2D eigenvalue weighted by Crippen LogP contribution is 2.42. The molecule has 1 saturated carbocycles. The summed E-state index contributed by atoms with van der Waals surface area (Å²) in [6, 6.07) is 1.94. The van der Waals surface area contributed by atoms with Gasteiger partial charge in [0.1, 0.15) is 0 Å². The van der Waals surface area contributed by atoms with Crippen molar-refractivity contribution in [1.82, 2.24) is 0 Å². The summed E-state index contributed by atoms with van der Waals surface area (Å²) in [6.07, 6.45) is 4.11. The third kappa shape index (κ3) is 2.49. The minimum absolute atomic E-state index is 0.244. The number of hydrogen-bond donors (Lipinski definition) is 1. The number of nitrogens with two attached hydrogens (primary N) is 1. The highest BCUT2D eigenvalue weighted by atomic mass is 79.9. The van der Waals surface area contributed by atoms with E-state index < -0.39 is 0 Å². The normalized spacial score (nSPS) is 29.2. The monoisotopic (exact) mass is 315 g/mol. The molecular weight excluding hydrogens is 298 g/mol. The summed E-state index contributed by atoms with van der Waals surface area (Å²) >= 11 is 4.96. The molecule has 2 nitrogen and oxygen atoms in total. The quantitative estimate of drug-likeness (QED) is 0.861. The van der Waals surface area contributed by atoms with Gasteiger partial charge >= 0.3 is 0 Å². The second kappa shape index (κ2) is 5.21. The summed E-state index contributed by atoms with van der Waals surface area (Å²) in [7, 11) is 0. The van der Waals surface area contributed by atoms with Crippen LogP contribution < -0.4 is 5.73 Å². The molecule has 1 fully saturated rings. The average Bonchev–Trinajstić information content (AvgIpc) is 2.76. The van der Waals surface area contributed by atoms with Crippen LogP contribution in [0.25, 0.3) is 0 Å². The lowest BCUT2D eigenvalue weighted by atomic mass is 9.68. The van der Waals surface area contributed by atoms with E-state index in [1.54, 1.807) is 0 Å². The number of carbonyl (C=O) groups is 1. The van der Waals surface area contributed by atoms with Crippen LogP contribution >= 0.6 is 27.3 Å². The minimum Gasteiger partial charge on any atom is -0.329 e. The second-order valence-corrected chi connectivity index (χ2v) is 6.86. The molecule has 0 atom stereocenters. The van der Waals surface area contributed by atoms with Gasteiger partial charge in [0.15, 0.2) is 5.78 Å². The largest absolute Gasteiger partial charge is 0.329 e. The molecule has 0 aliphatic heterocycles. The van der Waals surface area contributed by atoms with Crippen LogP contribution in [0.1, 0.15) is 42.3 Å². The molecule has 0 spiro atoms. The molecule has 94 valence electrons. The molecule has 1 aromatic rings. The fraction of sp³-hybridized carbons (Fsp3) is 0.615. The molecule has 0 unspecified atom stereocenters. The number of carbonyl (C=O) groups excluding carboxylic acids is 1. The summed E-state index contributed by atoms with van der Waals surface area (Å²) in [5.74, 6) is 0.975. The van der Waals surface area contributed by atoms with Crippen molar-refractivity contribution in [3.63, 3.8) is 0 Å². The molecular formula is C13H18BrNOS. The maximum absolute atomic E-state index is 12.6. The van der Waals surface area contributed by atoms with Gasteiger partial charge in [-0.05, 0) is 59.0 Å². The van der Waals surface area contributed by atoms with Crippen LogP contribution in [-0.4, -0.2) is 12.3 Å². The van der Waals surface area contributed by atoms with Crippen molar-refractivity contribution in [2.24, 2.45) is 17.1 Å². The Labute approximate surface area is 115 Å². The van der Waals surface area contributed by atoms with Crippen molar-refractivity contribution in [2.75, 3.05) is 6.54 Å². The molecule has 4 heteroatoms. The van der Waals surface area contributed by atoms with Crippen LogP contribution in [-0.2, 0) is 0 Å². The molecule has 2 rings (SSSR count). The first kappa shape index (κ1) is 13.2. The number of Topliss-reactive ketones (excluding diaryl/α,β-unsaturated/α-hetero) is 1. The zero-order valence-corrected chi connectivity index (χ0v) is 12.4. The van der Waals surface area contributed by atoms with E-state index >= 15 is 0 Å². The second-order valence-electron chi connectivity index (χ2n) is 5.09. The Bertz CT molecular complexity index is 407. The molecule has 17 heavy (non-hydrogen) atoms. The van der Waals surface area contributed by atoms with Gasteiger partial charge in [0.05, 0.1) is 4.88 Å². The molecule has 1 aliphatic rings. The van der Waals surface area contributed by atoms with Crippen LogP contribution in [0.2, 0.25) is 0 Å². The van der Waals surface area contributed by atoms with E-state index in [0.717, 1.165) is 41.0 Å². The number of halogens is 1. The van der Waals surface area contributed by atoms with Gasteiger partial charge in [-0.15, -0.1) is 11.3 Å². The van der Waals surface area contributed by atoms with Crippen molar-refractivity contribution in [1.29, 1.82) is 0 Å². The Hall–Kier alpha value is -0.190. The van der Waals surface area contributed by atoms with Crippen LogP contribution in [0.15, 0.2) is 15.9 Å². The molecule has 0 saturated heterocycles. The van der Waals surface area contributed by atoms with Gasteiger partial charge in [-0.1, -0.05) is 6.92 Å². The minimum atomic E-state index is -0.306. The van der Waals surface area contributed by atoms with E-state index in [1.165, 1.54) is 11.3 Å². The lowest BCUT2D eigenvalue weighted by Crippen LogP contribution is -2.41. The molecule has 1 aliphatic carbocycles. The Morgan fingerprint density at radius 2 is 2.24 bits per heavy atom. The fourth-order valence-electron chi connectivity index (χ4n) is 2.54. The van der Waals surface area contributed by atoms with E-state index in [0.29, 0.717) is 6.54 Å². The van der Waals surface area contributed by atoms with E-state index in [2.05, 4.69) is 22.9 Å². The maximum Gasteiger partial charge on any atom is 0.181 e. The third-order valence-electron chi connectivity index (χ3n) is 3.93. The lowest BCUT2D eigenvalue weighted by Gasteiger charge is -2.37. The highest BCUT2D eigenvalue weighted by Gasteiger charge is 2.41. The summed E-state index contributed by atoms with van der Waals surface area (Å²) in [5, 5.41) is 1.95. The fourth-order valence-corrected chi connectivity index (χ4v) is 4.15. The Balaban J connectivity index is 2.24. The SMILES string of the molecule is CC1CCC(CN)(C(=O)c2sccc2Br)CC1. The lowest BCUT2D eigenvalue weighted by molar-refractivity contribution is 0.0699. The number of ketones is 1. The van der Waals surface area contributed by atoms with Crippen molar-refractivity contribution < 1.29 is 4.79 Å². The summed E-state index contributed by atoms with van der Waals surface area (Å²) < 4.78 is 0.916. The van der Waals surface area contributed by atoms with E-state index in [-0.39, 0.29) is 11.2 Å². The molecule has 1 heterocycles. The molecule has 0 aromatic carbocycles. The van der Waals surface area contributed by atoms with Crippen LogP contribution in [0, 0.1) is 11.3 Å². The van der Waals surface area contributed by atoms with Gasteiger partial charge in [-0.2, -0.15) is 0 Å². The Kier molecular flexibility index (Phi) is 4.06. The summed E-state index contributed by atoms with van der Waals surface area (Å²) in [4.78, 5) is 13.5. The van der Waals surface area contributed by atoms with Gasteiger partial charge in [0.2, 0.25) is 0 Å². The van der Waals surface area contributed by atoms with Gasteiger partial charge in [-0.25, -0.2) is 0 Å². The van der Waals surface area contributed by atoms with Crippen LogP contribution in [0.4, 0.5) is 0 Å². The highest BCUT2D eigenvalue weighted by molar-refractivity contribution is 9.10. The topological polar surface area (TPSA) is 43.1 Å². The first-order valence-electron chi connectivity index (χ1n) is 6.07. The molecule has 2 N–H and O–H groups in total. The van der Waals surface area contributed by atoms with Crippen molar-refractivity contribution in [2.45, 2.75) is 32.6 Å². The zero-order chi connectivity index (χ0) is 12.5. The summed E-state index contributed by atoms with van der Waals surface area (Å²) in [5.41, 5.74) is 5.60. The number of rotatable bonds is 3. The van der Waals surface area contributed by atoms with Crippen LogP contribution in [0.5, 0.6) is 0 Å². The van der Waals surface area contributed by atoms with Gasteiger partial charge in [0.25, 0.3) is 0 Å². The standard InChI is InChI=1S/C13H18BrNOS/c1-9-2-5-13(8-15,6-3-9)12(16)11-10(14)4-7-17-11/h4,7,9H,2-3,5-6,8,15H2,1H3. The number of hydrogen-bond acceptors (Lipinski definition) is 3. The van der Waals surface area contributed by atoms with Crippen molar-refractivity contribution >= 4 is 33.0 Å². The van der Waals surface area contributed by atoms with Crippen molar-refractivity contribution in [3.8, 4) is 0 Å². The number of thiophene rings is 1. The first-order chi connectivity index (χ1) is 8.09. The van der Waals surface area contributed by atoms with E-state index in [9.17, 15) is 4.79 Å². The average molecular weight is 316 g/mol. The van der Waals surface area contributed by atoms with Crippen LogP contribution in [0.3, 0.4) is 0 Å². The maximum atomic E-state index is 12.6. The van der Waals surface area contributed by atoms with Gasteiger partial charge < -0.3 is 5.73 Å². The van der Waals surface area contributed by atoms with E-state index in [4.69, 9.17) is 5.73 Å². The Morgan fingerprint density at radius 1 is 1.59 bits per heavy atom. The van der Waals surface area contributed by atoms with Gasteiger partial charge in [0, 0.05) is 16.4 Å². The molecule has 0 radical (unpaired) electrons. The van der Waals surface area contributed by atoms with Gasteiger partial charge in [-0.3, -0.25) is 4.79 Å². The molecule has 0 amide bonds. The Morgan fingerprint density at radius 3 is 2.71 bits per heavy atom. The summed E-state index contributed by atoms with van der Waals surface area (Å²) in [6.45, 7) is 2.73. The smallest absolute Gasteiger partial charge is 0.181 e. The molecule has 0 bridgehead atoms. The van der Waals surface area contributed by atoms with Crippen molar-refractivity contribution in [3.05, 3.63) is 20.8 Å². The zero-order valence-electron chi connectivity index (χ0n) is 10.0. The first-order valence-corrected chi connectivity index (χ1v) is 7.74. The predicted octanol–water partition coefficient (Wildman–Crippen LogP) is 3.85.